The van der Waals surface area contributed by atoms with Crippen molar-refractivity contribution in [2.45, 2.75) is 27.3 Å². The molecular formula is C17H20FN. The van der Waals surface area contributed by atoms with Crippen molar-refractivity contribution < 1.29 is 4.39 Å². The fourth-order valence-electron chi connectivity index (χ4n) is 2.32. The van der Waals surface area contributed by atoms with Crippen molar-refractivity contribution in [3.05, 3.63) is 58.4 Å². The van der Waals surface area contributed by atoms with E-state index >= 15 is 0 Å². The van der Waals surface area contributed by atoms with Gasteiger partial charge in [-0.05, 0) is 61.7 Å². The predicted octanol–water partition coefficient (Wildman–Crippen LogP) is 4.14. The van der Waals surface area contributed by atoms with Crippen LogP contribution in [0.5, 0.6) is 0 Å². The summed E-state index contributed by atoms with van der Waals surface area (Å²) in [5.41, 5.74) is 6.45. The first-order chi connectivity index (χ1) is 9.02. The average molecular weight is 257 g/mol. The van der Waals surface area contributed by atoms with Gasteiger partial charge in [-0.1, -0.05) is 24.3 Å². The molecule has 2 aromatic carbocycles. The molecule has 1 N–H and O–H groups in total. The quantitative estimate of drug-likeness (QED) is 0.871. The molecule has 0 saturated carbocycles. The molecular weight excluding hydrogens is 237 g/mol. The molecule has 0 saturated heterocycles. The lowest BCUT2D eigenvalue weighted by Crippen LogP contribution is -2.06. The summed E-state index contributed by atoms with van der Waals surface area (Å²) in [7, 11) is 1.82. The molecule has 2 rings (SSSR count). The van der Waals surface area contributed by atoms with Crippen molar-refractivity contribution >= 4 is 0 Å². The maximum Gasteiger partial charge on any atom is 0.128 e. The van der Waals surface area contributed by atoms with Crippen molar-refractivity contribution in [2.75, 3.05) is 7.05 Å². The summed E-state index contributed by atoms with van der Waals surface area (Å²) in [5.74, 6) is -0.149. The van der Waals surface area contributed by atoms with Gasteiger partial charge in [-0.15, -0.1) is 0 Å². The molecule has 0 unspecified atom stereocenters. The molecule has 1 nitrogen and oxygen atoms in total. The molecule has 0 radical (unpaired) electrons. The predicted molar refractivity (Wildman–Crippen MR) is 78.8 cm³/mol. The van der Waals surface area contributed by atoms with Crippen LogP contribution in [-0.2, 0) is 6.54 Å². The second-order valence-electron chi connectivity index (χ2n) is 5.09. The molecule has 100 valence electrons. The third-order valence-corrected chi connectivity index (χ3v) is 3.57. The minimum Gasteiger partial charge on any atom is -0.316 e. The molecule has 0 aliphatic rings. The number of nitrogens with one attached hydrogen (secondary N) is 1. The second-order valence-corrected chi connectivity index (χ2v) is 5.09. The van der Waals surface area contributed by atoms with E-state index in [0.717, 1.165) is 11.1 Å². The van der Waals surface area contributed by atoms with Gasteiger partial charge in [-0.25, -0.2) is 4.39 Å². The maximum absolute atomic E-state index is 14.0. The van der Waals surface area contributed by atoms with Gasteiger partial charge in [0.2, 0.25) is 0 Å². The Morgan fingerprint density at radius 3 is 2.26 bits per heavy atom. The van der Waals surface area contributed by atoms with Crippen LogP contribution in [0.1, 0.15) is 22.3 Å². The Morgan fingerprint density at radius 2 is 1.63 bits per heavy atom. The van der Waals surface area contributed by atoms with Gasteiger partial charge in [0.1, 0.15) is 5.82 Å². The summed E-state index contributed by atoms with van der Waals surface area (Å²) < 4.78 is 14.0. The smallest absolute Gasteiger partial charge is 0.128 e. The van der Waals surface area contributed by atoms with Gasteiger partial charge in [-0.3, -0.25) is 0 Å². The van der Waals surface area contributed by atoms with E-state index in [1.807, 2.05) is 19.2 Å². The number of hydrogen-bond acceptors (Lipinski definition) is 1. The van der Waals surface area contributed by atoms with Crippen LogP contribution in [-0.4, -0.2) is 7.05 Å². The summed E-state index contributed by atoms with van der Waals surface area (Å²) in [5, 5.41) is 2.97. The van der Waals surface area contributed by atoms with Crippen LogP contribution in [0.25, 0.3) is 11.1 Å². The molecule has 19 heavy (non-hydrogen) atoms. The first kappa shape index (κ1) is 13.8. The molecule has 0 atom stereocenters. The van der Waals surface area contributed by atoms with Gasteiger partial charge in [0.25, 0.3) is 0 Å². The van der Waals surface area contributed by atoms with Gasteiger partial charge in [0.05, 0.1) is 0 Å². The van der Waals surface area contributed by atoms with E-state index in [4.69, 9.17) is 0 Å². The SMILES string of the molecule is CNCc1ccc(-c2cc(C)c(C)cc2C)cc1F. The van der Waals surface area contributed by atoms with Gasteiger partial charge in [-0.2, -0.15) is 0 Å². The van der Waals surface area contributed by atoms with Crippen LogP contribution in [0.4, 0.5) is 4.39 Å². The largest absolute Gasteiger partial charge is 0.316 e. The minimum absolute atomic E-state index is 0.149. The summed E-state index contributed by atoms with van der Waals surface area (Å²) in [4.78, 5) is 0. The van der Waals surface area contributed by atoms with Crippen LogP contribution in [0.2, 0.25) is 0 Å². The number of aryl methyl sites for hydroxylation is 3. The number of hydrogen-bond donors (Lipinski definition) is 1. The van der Waals surface area contributed by atoms with Gasteiger partial charge < -0.3 is 5.32 Å². The molecule has 0 heterocycles. The Labute approximate surface area is 114 Å². The van der Waals surface area contributed by atoms with E-state index < -0.39 is 0 Å². The van der Waals surface area contributed by atoms with Crippen LogP contribution >= 0.6 is 0 Å². The van der Waals surface area contributed by atoms with Crippen LogP contribution in [0, 0.1) is 26.6 Å². The Hall–Kier alpha value is -1.67. The minimum atomic E-state index is -0.149. The number of halogens is 1. The molecule has 2 heteroatoms. The van der Waals surface area contributed by atoms with E-state index in [1.165, 1.54) is 16.7 Å². The summed E-state index contributed by atoms with van der Waals surface area (Å²) in [6.45, 7) is 6.81. The number of benzene rings is 2. The zero-order valence-electron chi connectivity index (χ0n) is 12.0. The number of rotatable bonds is 3. The van der Waals surface area contributed by atoms with Crippen molar-refractivity contribution in [2.24, 2.45) is 0 Å². The van der Waals surface area contributed by atoms with Crippen molar-refractivity contribution in [3.63, 3.8) is 0 Å². The zero-order chi connectivity index (χ0) is 14.0. The standard InChI is InChI=1S/C17H20FN/c1-11-7-13(3)16(8-12(11)2)14-5-6-15(10-19-4)17(18)9-14/h5-9,19H,10H2,1-4H3. The maximum atomic E-state index is 14.0. The fraction of sp³-hybridized carbons (Fsp3) is 0.294. The monoisotopic (exact) mass is 257 g/mol. The molecule has 0 aromatic heterocycles. The highest BCUT2D eigenvalue weighted by molar-refractivity contribution is 5.69. The fourth-order valence-corrected chi connectivity index (χ4v) is 2.32. The van der Waals surface area contributed by atoms with Crippen molar-refractivity contribution in [3.8, 4) is 11.1 Å². The third-order valence-electron chi connectivity index (χ3n) is 3.57. The van der Waals surface area contributed by atoms with Gasteiger partial charge in [0.15, 0.2) is 0 Å². The van der Waals surface area contributed by atoms with E-state index in [-0.39, 0.29) is 5.82 Å². The van der Waals surface area contributed by atoms with E-state index in [1.54, 1.807) is 6.07 Å². The lowest BCUT2D eigenvalue weighted by Gasteiger charge is -2.11. The second kappa shape index (κ2) is 5.54. The van der Waals surface area contributed by atoms with Gasteiger partial charge in [0, 0.05) is 12.1 Å². The van der Waals surface area contributed by atoms with Gasteiger partial charge >= 0.3 is 0 Å². The summed E-state index contributed by atoms with van der Waals surface area (Å²) in [6.07, 6.45) is 0. The molecule has 0 aliphatic heterocycles. The highest BCUT2D eigenvalue weighted by Crippen LogP contribution is 2.27. The zero-order valence-corrected chi connectivity index (χ0v) is 12.0. The Morgan fingerprint density at radius 1 is 0.947 bits per heavy atom. The molecule has 0 fully saturated rings. The van der Waals surface area contributed by atoms with E-state index in [9.17, 15) is 4.39 Å². The highest BCUT2D eigenvalue weighted by atomic mass is 19.1. The van der Waals surface area contributed by atoms with Crippen LogP contribution in [0.3, 0.4) is 0 Å². The summed E-state index contributed by atoms with van der Waals surface area (Å²) >= 11 is 0. The van der Waals surface area contributed by atoms with E-state index in [2.05, 4.69) is 38.2 Å². The molecule has 0 aliphatic carbocycles. The Kier molecular flexibility index (Phi) is 4.01. The molecule has 0 bridgehead atoms. The van der Waals surface area contributed by atoms with Crippen molar-refractivity contribution in [1.82, 2.24) is 5.32 Å². The van der Waals surface area contributed by atoms with Crippen LogP contribution < -0.4 is 5.32 Å². The molecule has 0 amide bonds. The third kappa shape index (κ3) is 2.85. The Bertz CT molecular complexity index is 602. The topological polar surface area (TPSA) is 12.0 Å². The van der Waals surface area contributed by atoms with Crippen molar-refractivity contribution in [1.29, 1.82) is 0 Å². The highest BCUT2D eigenvalue weighted by Gasteiger charge is 2.08. The first-order valence-electron chi connectivity index (χ1n) is 6.54. The van der Waals surface area contributed by atoms with Crippen LogP contribution in [0.15, 0.2) is 30.3 Å². The van der Waals surface area contributed by atoms with E-state index in [0.29, 0.717) is 12.1 Å². The first-order valence-corrected chi connectivity index (χ1v) is 6.54. The average Bonchev–Trinajstić information content (AvgIpc) is 2.36. The molecule has 0 spiro atoms. The summed E-state index contributed by atoms with van der Waals surface area (Å²) in [6, 6.07) is 9.77. The molecule has 2 aromatic rings. The lowest BCUT2D eigenvalue weighted by atomic mass is 9.95. The normalized spacial score (nSPS) is 10.8. The lowest BCUT2D eigenvalue weighted by molar-refractivity contribution is 0.601. The Balaban J connectivity index is 2.48.